The predicted octanol–water partition coefficient (Wildman–Crippen LogP) is 5.64. The molecule has 1 aliphatic heterocycles. The van der Waals surface area contributed by atoms with Crippen LogP contribution in [0.4, 0.5) is 5.69 Å². The summed E-state index contributed by atoms with van der Waals surface area (Å²) in [6.07, 6.45) is 1.78. The first-order valence-corrected chi connectivity index (χ1v) is 12.0. The molecule has 0 aromatic heterocycles. The molecule has 34 heavy (non-hydrogen) atoms. The van der Waals surface area contributed by atoms with E-state index in [0.29, 0.717) is 13.2 Å². The normalized spacial score (nSPS) is 13.9. The highest BCUT2D eigenvalue weighted by molar-refractivity contribution is 5.96. The molecule has 3 N–H and O–H groups in total. The Labute approximate surface area is 202 Å². The Hall–Kier alpha value is -3.47. The number of ether oxygens (including phenoxy) is 1. The molecule has 0 saturated heterocycles. The van der Waals surface area contributed by atoms with Crippen LogP contribution in [0.2, 0.25) is 0 Å². The zero-order chi connectivity index (χ0) is 24.1. The van der Waals surface area contributed by atoms with Crippen molar-refractivity contribution in [2.75, 3.05) is 25.0 Å². The Morgan fingerprint density at radius 3 is 2.59 bits per heavy atom. The number of para-hydroxylation sites is 1. The number of carbonyl (C=O) groups is 1. The number of phenolic OH excluding ortho intramolecular Hbond substituents is 1. The van der Waals surface area contributed by atoms with Gasteiger partial charge in [-0.1, -0.05) is 63.2 Å². The summed E-state index contributed by atoms with van der Waals surface area (Å²) in [4.78, 5) is 12.7. The monoisotopic (exact) mass is 458 g/mol. The van der Waals surface area contributed by atoms with Crippen LogP contribution < -0.4 is 15.4 Å². The summed E-state index contributed by atoms with van der Waals surface area (Å²) in [6.45, 7) is 8.58. The van der Waals surface area contributed by atoms with Crippen LogP contribution in [-0.4, -0.2) is 30.7 Å². The van der Waals surface area contributed by atoms with E-state index in [9.17, 15) is 9.90 Å². The van der Waals surface area contributed by atoms with Gasteiger partial charge < -0.3 is 20.5 Å². The Kier molecular flexibility index (Phi) is 7.11. The topological polar surface area (TPSA) is 70.6 Å². The lowest BCUT2D eigenvalue weighted by Gasteiger charge is -2.23. The number of aromatic hydroxyl groups is 1. The van der Waals surface area contributed by atoms with Gasteiger partial charge in [-0.05, 0) is 59.2 Å². The van der Waals surface area contributed by atoms with E-state index in [1.54, 1.807) is 18.2 Å². The third-order valence-corrected chi connectivity index (χ3v) is 6.41. The van der Waals surface area contributed by atoms with Crippen LogP contribution in [0.5, 0.6) is 11.5 Å². The molecule has 1 unspecified atom stereocenters. The summed E-state index contributed by atoms with van der Waals surface area (Å²) in [6, 6.07) is 21.7. The maximum Gasteiger partial charge on any atom is 0.255 e. The molecule has 1 heterocycles. The molecule has 0 aliphatic carbocycles. The molecule has 0 bridgehead atoms. The van der Waals surface area contributed by atoms with Gasteiger partial charge in [0.15, 0.2) is 0 Å². The van der Waals surface area contributed by atoms with Crippen molar-refractivity contribution in [1.29, 1.82) is 0 Å². The van der Waals surface area contributed by atoms with Crippen molar-refractivity contribution < 1.29 is 14.6 Å². The Balaban J connectivity index is 1.50. The van der Waals surface area contributed by atoms with Gasteiger partial charge in [0.1, 0.15) is 18.1 Å². The van der Waals surface area contributed by atoms with Gasteiger partial charge in [0.2, 0.25) is 0 Å². The number of aryl methyl sites for hydroxylation is 1. The van der Waals surface area contributed by atoms with Gasteiger partial charge >= 0.3 is 0 Å². The van der Waals surface area contributed by atoms with Crippen LogP contribution >= 0.6 is 0 Å². The van der Waals surface area contributed by atoms with Crippen LogP contribution in [0.1, 0.15) is 60.2 Å². The lowest BCUT2D eigenvalue weighted by atomic mass is 9.86. The maximum absolute atomic E-state index is 12.7. The third kappa shape index (κ3) is 5.71. The molecular weight excluding hydrogens is 424 g/mol. The van der Waals surface area contributed by atoms with E-state index in [-0.39, 0.29) is 28.6 Å². The molecule has 0 spiro atoms. The van der Waals surface area contributed by atoms with E-state index in [1.165, 1.54) is 17.2 Å². The van der Waals surface area contributed by atoms with E-state index in [0.717, 1.165) is 36.4 Å². The minimum Gasteiger partial charge on any atom is -0.507 e. The first-order chi connectivity index (χ1) is 16.3. The highest BCUT2D eigenvalue weighted by atomic mass is 16.5. The number of carbonyl (C=O) groups excluding carboxylic acids is 1. The highest BCUT2D eigenvalue weighted by Gasteiger charge is 2.19. The number of hydrogen-bond acceptors (Lipinski definition) is 4. The second-order valence-electron chi connectivity index (χ2n) is 9.94. The number of hydrogen-bond donors (Lipinski definition) is 3. The quantitative estimate of drug-likeness (QED) is 0.428. The zero-order valence-corrected chi connectivity index (χ0v) is 20.2. The fourth-order valence-corrected chi connectivity index (χ4v) is 4.28. The van der Waals surface area contributed by atoms with Gasteiger partial charge in [-0.3, -0.25) is 4.79 Å². The van der Waals surface area contributed by atoms with Gasteiger partial charge in [-0.15, -0.1) is 0 Å². The lowest BCUT2D eigenvalue weighted by molar-refractivity contribution is 0.0948. The summed E-state index contributed by atoms with van der Waals surface area (Å²) in [5, 5.41) is 16.4. The smallest absolute Gasteiger partial charge is 0.255 e. The van der Waals surface area contributed by atoms with Crippen molar-refractivity contribution in [3.05, 3.63) is 89.0 Å². The van der Waals surface area contributed by atoms with Crippen LogP contribution in [0.25, 0.3) is 0 Å². The van der Waals surface area contributed by atoms with Crippen LogP contribution in [0.15, 0.2) is 66.7 Å². The fraction of sp³-hybridized carbons (Fsp3) is 0.345. The fourth-order valence-electron chi connectivity index (χ4n) is 4.28. The van der Waals surface area contributed by atoms with Crippen LogP contribution in [-0.2, 0) is 11.8 Å². The van der Waals surface area contributed by atoms with Gasteiger partial charge in [0.05, 0.1) is 11.3 Å². The Morgan fingerprint density at radius 2 is 1.85 bits per heavy atom. The van der Waals surface area contributed by atoms with Gasteiger partial charge in [-0.2, -0.15) is 0 Å². The number of anilines is 1. The van der Waals surface area contributed by atoms with Crippen LogP contribution in [0.3, 0.4) is 0 Å². The molecule has 5 heteroatoms. The molecule has 0 saturated carbocycles. The average molecular weight is 459 g/mol. The largest absolute Gasteiger partial charge is 0.507 e. The van der Waals surface area contributed by atoms with Gasteiger partial charge in [-0.25, -0.2) is 0 Å². The van der Waals surface area contributed by atoms with E-state index >= 15 is 0 Å². The van der Waals surface area contributed by atoms with Crippen molar-refractivity contribution in [2.24, 2.45) is 0 Å². The van der Waals surface area contributed by atoms with E-state index in [4.69, 9.17) is 4.74 Å². The molecular formula is C29H34N2O3. The number of nitrogens with one attached hydrogen (secondary N) is 2. The minimum absolute atomic E-state index is 0.0104. The summed E-state index contributed by atoms with van der Waals surface area (Å²) in [5.41, 5.74) is 5.15. The molecule has 0 radical (unpaired) electrons. The second-order valence-corrected chi connectivity index (χ2v) is 9.94. The van der Waals surface area contributed by atoms with Crippen molar-refractivity contribution >= 4 is 11.6 Å². The number of rotatable bonds is 7. The first-order valence-electron chi connectivity index (χ1n) is 12.0. The molecule has 3 aromatic rings. The van der Waals surface area contributed by atoms with E-state index in [2.05, 4.69) is 73.9 Å². The zero-order valence-electron chi connectivity index (χ0n) is 20.2. The van der Waals surface area contributed by atoms with Crippen molar-refractivity contribution in [2.45, 2.75) is 44.9 Å². The molecule has 1 atom stereocenters. The molecule has 1 amide bonds. The number of phenols is 1. The number of fused-ring (bicyclic) bond motifs is 1. The lowest BCUT2D eigenvalue weighted by Crippen LogP contribution is -2.29. The molecule has 1 aliphatic rings. The van der Waals surface area contributed by atoms with Crippen molar-refractivity contribution in [3.63, 3.8) is 0 Å². The SMILES string of the molecule is CC(C)(C)c1ccc(CCC(CNC(=O)c2ccccc2O)c2ccc3c(c2)OCCN3)cc1. The van der Waals surface area contributed by atoms with Crippen molar-refractivity contribution in [3.8, 4) is 11.5 Å². The maximum atomic E-state index is 12.7. The average Bonchev–Trinajstić information content (AvgIpc) is 2.83. The highest BCUT2D eigenvalue weighted by Crippen LogP contribution is 2.33. The van der Waals surface area contributed by atoms with E-state index in [1.807, 2.05) is 0 Å². The summed E-state index contributed by atoms with van der Waals surface area (Å²) in [7, 11) is 0. The van der Waals surface area contributed by atoms with Gasteiger partial charge in [0, 0.05) is 19.0 Å². The summed E-state index contributed by atoms with van der Waals surface area (Å²) in [5.74, 6) is 0.681. The molecule has 178 valence electrons. The Bertz CT molecular complexity index is 1130. The number of amides is 1. The van der Waals surface area contributed by atoms with Crippen molar-refractivity contribution in [1.82, 2.24) is 5.32 Å². The summed E-state index contributed by atoms with van der Waals surface area (Å²) < 4.78 is 5.85. The minimum atomic E-state index is -0.270. The predicted molar refractivity (Wildman–Crippen MR) is 137 cm³/mol. The molecule has 3 aromatic carbocycles. The van der Waals surface area contributed by atoms with E-state index < -0.39 is 0 Å². The second kappa shape index (κ2) is 10.2. The third-order valence-electron chi connectivity index (χ3n) is 6.41. The Morgan fingerprint density at radius 1 is 1.09 bits per heavy atom. The standard InChI is InChI=1S/C29H34N2O3/c1-29(2,3)23-13-9-20(10-14-23)8-11-22(19-31-28(33)24-6-4-5-7-26(24)32)21-12-15-25-27(18-21)34-17-16-30-25/h4-7,9-10,12-15,18,22,30,32H,8,11,16-17,19H2,1-3H3,(H,31,33). The summed E-state index contributed by atoms with van der Waals surface area (Å²) >= 11 is 0. The first kappa shape index (κ1) is 23.7. The van der Waals surface area contributed by atoms with Crippen LogP contribution in [0, 0.1) is 0 Å². The molecule has 5 nitrogen and oxygen atoms in total. The number of benzene rings is 3. The molecule has 4 rings (SSSR count). The van der Waals surface area contributed by atoms with Gasteiger partial charge in [0.25, 0.3) is 5.91 Å². The molecule has 0 fully saturated rings.